The Hall–Kier alpha value is -3.48. The van der Waals surface area contributed by atoms with E-state index in [0.29, 0.717) is 40.6 Å². The Labute approximate surface area is 168 Å². The van der Waals surface area contributed by atoms with Crippen LogP contribution in [0, 0.1) is 6.92 Å². The quantitative estimate of drug-likeness (QED) is 0.695. The van der Waals surface area contributed by atoms with E-state index in [9.17, 15) is 4.79 Å². The van der Waals surface area contributed by atoms with E-state index in [-0.39, 0.29) is 12.7 Å². The van der Waals surface area contributed by atoms with Gasteiger partial charge in [0.15, 0.2) is 11.5 Å². The van der Waals surface area contributed by atoms with Crippen LogP contribution in [-0.4, -0.2) is 31.9 Å². The largest absolute Gasteiger partial charge is 0.496 e. The maximum Gasteiger partial charge on any atom is 0.231 e. The van der Waals surface area contributed by atoms with Crippen LogP contribution in [0.15, 0.2) is 30.3 Å². The first-order chi connectivity index (χ1) is 14.0. The standard InChI is InChI=1S/C22H22N2O5/c1-5-19(25)23-14-6-7-16(26-3)20-12(2)8-15(24-21(14)20)13-9-17(27-4)22-18(10-13)28-11-29-22/h6-10H,5,11H2,1-4H3,(H,23,25). The Morgan fingerprint density at radius 3 is 2.66 bits per heavy atom. The van der Waals surface area contributed by atoms with E-state index in [2.05, 4.69) is 5.32 Å². The summed E-state index contributed by atoms with van der Waals surface area (Å²) in [6.45, 7) is 3.96. The molecule has 1 amide bonds. The van der Waals surface area contributed by atoms with Gasteiger partial charge in [-0.3, -0.25) is 4.79 Å². The number of nitrogens with one attached hydrogen (secondary N) is 1. The van der Waals surface area contributed by atoms with Crippen LogP contribution in [-0.2, 0) is 4.79 Å². The van der Waals surface area contributed by atoms with Gasteiger partial charge in [0.05, 0.1) is 31.1 Å². The van der Waals surface area contributed by atoms with E-state index >= 15 is 0 Å². The van der Waals surface area contributed by atoms with Crippen molar-refractivity contribution >= 4 is 22.5 Å². The highest BCUT2D eigenvalue weighted by Crippen LogP contribution is 2.44. The summed E-state index contributed by atoms with van der Waals surface area (Å²) in [4.78, 5) is 16.9. The minimum atomic E-state index is -0.0777. The van der Waals surface area contributed by atoms with Gasteiger partial charge in [0.25, 0.3) is 0 Å². The van der Waals surface area contributed by atoms with E-state index in [4.69, 9.17) is 23.9 Å². The van der Waals surface area contributed by atoms with Gasteiger partial charge in [-0.1, -0.05) is 6.92 Å². The van der Waals surface area contributed by atoms with E-state index in [1.54, 1.807) is 14.2 Å². The molecule has 1 N–H and O–H groups in total. The summed E-state index contributed by atoms with van der Waals surface area (Å²) >= 11 is 0. The molecule has 3 aromatic rings. The molecule has 150 valence electrons. The third kappa shape index (κ3) is 3.29. The molecular formula is C22H22N2O5. The summed E-state index contributed by atoms with van der Waals surface area (Å²) in [5.41, 5.74) is 3.84. The second kappa shape index (κ2) is 7.50. The Balaban J connectivity index is 1.93. The van der Waals surface area contributed by atoms with Crippen LogP contribution < -0.4 is 24.3 Å². The normalized spacial score (nSPS) is 12.1. The molecule has 2 heterocycles. The number of nitrogens with zero attached hydrogens (tertiary/aromatic N) is 1. The number of ether oxygens (including phenoxy) is 4. The van der Waals surface area contributed by atoms with Gasteiger partial charge in [0.2, 0.25) is 18.4 Å². The molecule has 0 aliphatic carbocycles. The van der Waals surface area contributed by atoms with Crippen LogP contribution in [0.1, 0.15) is 18.9 Å². The summed E-state index contributed by atoms with van der Waals surface area (Å²) in [6.07, 6.45) is 0.381. The molecule has 4 rings (SSSR count). The average molecular weight is 394 g/mol. The topological polar surface area (TPSA) is 78.9 Å². The third-order valence-electron chi connectivity index (χ3n) is 4.89. The average Bonchev–Trinajstić information content (AvgIpc) is 3.21. The SMILES string of the molecule is CCC(=O)Nc1ccc(OC)c2c(C)cc(-c3cc(OC)c4c(c3)OCO4)nc12. The molecule has 29 heavy (non-hydrogen) atoms. The number of hydrogen-bond acceptors (Lipinski definition) is 6. The van der Waals surface area contributed by atoms with Crippen molar-refractivity contribution in [3.8, 4) is 34.3 Å². The molecule has 7 nitrogen and oxygen atoms in total. The first-order valence-electron chi connectivity index (χ1n) is 9.32. The molecule has 1 aliphatic rings. The van der Waals surface area contributed by atoms with Crippen molar-refractivity contribution in [3.05, 3.63) is 35.9 Å². The predicted octanol–water partition coefficient (Wildman–Crippen LogP) is 4.30. The molecular weight excluding hydrogens is 372 g/mol. The molecule has 0 spiro atoms. The highest BCUT2D eigenvalue weighted by Gasteiger charge is 2.22. The number of aromatic nitrogens is 1. The number of benzene rings is 2. The Bertz CT molecular complexity index is 1110. The number of fused-ring (bicyclic) bond motifs is 2. The highest BCUT2D eigenvalue weighted by molar-refractivity contribution is 6.04. The minimum absolute atomic E-state index is 0.0777. The van der Waals surface area contributed by atoms with Gasteiger partial charge in [-0.15, -0.1) is 0 Å². The van der Waals surface area contributed by atoms with Crippen LogP contribution in [0.3, 0.4) is 0 Å². The van der Waals surface area contributed by atoms with E-state index < -0.39 is 0 Å². The minimum Gasteiger partial charge on any atom is -0.496 e. The van der Waals surface area contributed by atoms with Gasteiger partial charge >= 0.3 is 0 Å². The molecule has 0 atom stereocenters. The lowest BCUT2D eigenvalue weighted by molar-refractivity contribution is -0.115. The van der Waals surface area contributed by atoms with Crippen LogP contribution >= 0.6 is 0 Å². The molecule has 0 saturated carbocycles. The summed E-state index contributed by atoms with van der Waals surface area (Å²) in [5.74, 6) is 2.41. The fraction of sp³-hybridized carbons (Fsp3) is 0.273. The maximum atomic E-state index is 12.0. The van der Waals surface area contributed by atoms with Crippen molar-refractivity contribution in [2.75, 3.05) is 26.3 Å². The number of amides is 1. The fourth-order valence-corrected chi connectivity index (χ4v) is 3.43. The van der Waals surface area contributed by atoms with E-state index in [0.717, 1.165) is 22.2 Å². The van der Waals surface area contributed by atoms with Crippen molar-refractivity contribution < 1.29 is 23.7 Å². The van der Waals surface area contributed by atoms with Gasteiger partial charge < -0.3 is 24.3 Å². The molecule has 0 radical (unpaired) electrons. The third-order valence-corrected chi connectivity index (χ3v) is 4.89. The summed E-state index contributed by atoms with van der Waals surface area (Å²) < 4.78 is 22.0. The van der Waals surface area contributed by atoms with Gasteiger partial charge in [-0.25, -0.2) is 4.98 Å². The molecule has 2 aromatic carbocycles. The number of carbonyl (C=O) groups is 1. The highest BCUT2D eigenvalue weighted by atomic mass is 16.7. The lowest BCUT2D eigenvalue weighted by Crippen LogP contribution is -2.10. The summed E-state index contributed by atoms with van der Waals surface area (Å²) in [7, 11) is 3.21. The molecule has 1 aliphatic heterocycles. The van der Waals surface area contributed by atoms with Crippen molar-refractivity contribution in [1.29, 1.82) is 0 Å². The van der Waals surface area contributed by atoms with Crippen molar-refractivity contribution in [1.82, 2.24) is 4.98 Å². The molecule has 0 saturated heterocycles. The molecule has 0 bridgehead atoms. The Kier molecular flexibility index (Phi) is 4.88. The van der Waals surface area contributed by atoms with Crippen LogP contribution in [0.4, 0.5) is 5.69 Å². The van der Waals surface area contributed by atoms with Gasteiger partial charge in [0, 0.05) is 17.4 Å². The first-order valence-corrected chi connectivity index (χ1v) is 9.32. The Morgan fingerprint density at radius 2 is 1.93 bits per heavy atom. The number of carbonyl (C=O) groups excluding carboxylic acids is 1. The summed E-state index contributed by atoms with van der Waals surface area (Å²) in [5, 5.41) is 3.79. The fourth-order valence-electron chi connectivity index (χ4n) is 3.43. The smallest absolute Gasteiger partial charge is 0.231 e. The lowest BCUT2D eigenvalue weighted by atomic mass is 10.0. The zero-order valence-electron chi connectivity index (χ0n) is 16.8. The van der Waals surface area contributed by atoms with Crippen molar-refractivity contribution in [2.45, 2.75) is 20.3 Å². The predicted molar refractivity (Wildman–Crippen MR) is 110 cm³/mol. The number of aryl methyl sites for hydroxylation is 1. The molecule has 1 aromatic heterocycles. The van der Waals surface area contributed by atoms with Crippen molar-refractivity contribution in [3.63, 3.8) is 0 Å². The zero-order chi connectivity index (χ0) is 20.5. The van der Waals surface area contributed by atoms with Crippen molar-refractivity contribution in [2.24, 2.45) is 0 Å². The van der Waals surface area contributed by atoms with Gasteiger partial charge in [-0.05, 0) is 42.8 Å². The monoisotopic (exact) mass is 394 g/mol. The molecule has 0 unspecified atom stereocenters. The van der Waals surface area contributed by atoms with Gasteiger partial charge in [0.1, 0.15) is 5.75 Å². The Morgan fingerprint density at radius 1 is 1.14 bits per heavy atom. The van der Waals surface area contributed by atoms with Crippen LogP contribution in [0.25, 0.3) is 22.2 Å². The lowest BCUT2D eigenvalue weighted by Gasteiger charge is -2.15. The van der Waals surface area contributed by atoms with E-state index in [1.807, 2.05) is 44.2 Å². The van der Waals surface area contributed by atoms with Crippen LogP contribution in [0.5, 0.6) is 23.0 Å². The number of hydrogen-bond donors (Lipinski definition) is 1. The van der Waals surface area contributed by atoms with E-state index in [1.165, 1.54) is 0 Å². The molecule has 0 fully saturated rings. The first kappa shape index (κ1) is 18.9. The van der Waals surface area contributed by atoms with Crippen LogP contribution in [0.2, 0.25) is 0 Å². The number of rotatable bonds is 5. The maximum absolute atomic E-state index is 12.0. The second-order valence-electron chi connectivity index (χ2n) is 6.68. The number of pyridine rings is 1. The summed E-state index contributed by atoms with van der Waals surface area (Å²) in [6, 6.07) is 9.37. The second-order valence-corrected chi connectivity index (χ2v) is 6.68. The van der Waals surface area contributed by atoms with Gasteiger partial charge in [-0.2, -0.15) is 0 Å². The number of methoxy groups -OCH3 is 2. The number of anilines is 1. The zero-order valence-corrected chi connectivity index (χ0v) is 16.8. The molecule has 7 heteroatoms.